The monoisotopic (exact) mass is 684 g/mol. The Morgan fingerprint density at radius 1 is 0.667 bits per heavy atom. The van der Waals surface area contributed by atoms with Crippen LogP contribution < -0.4 is 10.2 Å². The number of phenols is 2. The lowest BCUT2D eigenvalue weighted by Gasteiger charge is -2.43. The maximum atomic E-state index is 13.5. The molecule has 3 heterocycles. The van der Waals surface area contributed by atoms with Gasteiger partial charge in [-0.05, 0) is 41.0 Å². The van der Waals surface area contributed by atoms with Crippen molar-refractivity contribution in [2.24, 2.45) is 0 Å². The van der Waals surface area contributed by atoms with Crippen molar-refractivity contribution in [3.05, 3.63) is 160 Å². The van der Waals surface area contributed by atoms with Gasteiger partial charge in [-0.2, -0.15) is 0 Å². The van der Waals surface area contributed by atoms with E-state index in [0.717, 1.165) is 16.7 Å². The molecule has 2 aliphatic rings. The second-order valence-corrected chi connectivity index (χ2v) is 12.7. The topological polar surface area (TPSA) is 117 Å². The number of rotatable bonds is 11. The molecule has 1 saturated heterocycles. The second kappa shape index (κ2) is 14.4. The van der Waals surface area contributed by atoms with E-state index in [1.807, 2.05) is 91.0 Å². The Kier molecular flexibility index (Phi) is 9.26. The number of hydrogen-bond acceptors (Lipinski definition) is 9. The molecule has 0 radical (unpaired) electrons. The summed E-state index contributed by atoms with van der Waals surface area (Å²) in [5.41, 5.74) is 3.78. The van der Waals surface area contributed by atoms with Crippen molar-refractivity contribution in [2.75, 3.05) is 6.61 Å². The largest absolute Gasteiger partial charge is 0.508 e. The molecule has 258 valence electrons. The van der Waals surface area contributed by atoms with Crippen molar-refractivity contribution < 1.29 is 38.3 Å². The summed E-state index contributed by atoms with van der Waals surface area (Å²) in [6.45, 7) is 1.12. The van der Waals surface area contributed by atoms with E-state index in [9.17, 15) is 15.0 Å². The van der Waals surface area contributed by atoms with Crippen LogP contribution in [0.25, 0.3) is 22.3 Å². The first kappa shape index (κ1) is 32.7. The summed E-state index contributed by atoms with van der Waals surface area (Å²) < 4.78 is 39.5. The molecule has 0 spiro atoms. The van der Waals surface area contributed by atoms with Crippen LogP contribution in [0.5, 0.6) is 17.2 Å². The molecule has 8 rings (SSSR count). The second-order valence-electron chi connectivity index (χ2n) is 12.7. The van der Waals surface area contributed by atoms with E-state index in [1.165, 1.54) is 24.3 Å². The highest BCUT2D eigenvalue weighted by Crippen LogP contribution is 2.51. The van der Waals surface area contributed by atoms with Crippen molar-refractivity contribution in [3.63, 3.8) is 0 Å². The van der Waals surface area contributed by atoms with Gasteiger partial charge in [0, 0.05) is 17.7 Å². The zero-order valence-corrected chi connectivity index (χ0v) is 27.6. The summed E-state index contributed by atoms with van der Waals surface area (Å²) in [4.78, 5) is 13.5. The van der Waals surface area contributed by atoms with Gasteiger partial charge in [0.2, 0.25) is 0 Å². The molecule has 0 unspecified atom stereocenters. The molecule has 1 aromatic heterocycles. The van der Waals surface area contributed by atoms with E-state index < -0.39 is 35.9 Å². The van der Waals surface area contributed by atoms with E-state index in [-0.39, 0.29) is 41.4 Å². The van der Waals surface area contributed by atoms with E-state index in [4.69, 9.17) is 28.1 Å². The van der Waals surface area contributed by atoms with Crippen molar-refractivity contribution in [1.82, 2.24) is 0 Å². The lowest BCUT2D eigenvalue weighted by molar-refractivity contribution is -0.250. The first-order chi connectivity index (χ1) is 25.0. The molecular weight excluding hydrogens is 648 g/mol. The summed E-state index contributed by atoms with van der Waals surface area (Å²) in [5.74, 6) is 0.401. The van der Waals surface area contributed by atoms with Crippen molar-refractivity contribution >= 4 is 11.0 Å². The zero-order chi connectivity index (χ0) is 34.7. The maximum absolute atomic E-state index is 13.5. The maximum Gasteiger partial charge on any atom is 0.197 e. The van der Waals surface area contributed by atoms with Gasteiger partial charge < -0.3 is 38.3 Å². The van der Waals surface area contributed by atoms with Crippen LogP contribution in [-0.4, -0.2) is 41.2 Å². The Labute approximate surface area is 294 Å². The first-order valence-electron chi connectivity index (χ1n) is 16.9. The van der Waals surface area contributed by atoms with Crippen LogP contribution >= 0.6 is 0 Å². The van der Waals surface area contributed by atoms with Gasteiger partial charge >= 0.3 is 0 Å². The molecule has 6 aromatic rings. The van der Waals surface area contributed by atoms with Gasteiger partial charge in [0.25, 0.3) is 0 Å². The number of aromatic hydroxyl groups is 2. The van der Waals surface area contributed by atoms with Crippen LogP contribution in [-0.2, 0) is 38.8 Å². The number of hydrogen-bond donors (Lipinski definition) is 2. The minimum absolute atomic E-state index is 0.0187. The SMILES string of the molecule is O=c1cc(-c2ccc(O)cc2)oc2c3c(cc(O)c12)O[C@H]1[C@@H](OCc2ccccc2)[C@H](OCc2ccccc2)[C@@H](COCc2ccccc2)O[C@@H]31. The minimum atomic E-state index is -0.760. The average molecular weight is 685 g/mol. The lowest BCUT2D eigenvalue weighted by atomic mass is 9.91. The van der Waals surface area contributed by atoms with E-state index in [1.54, 1.807) is 12.1 Å². The van der Waals surface area contributed by atoms with Crippen LogP contribution in [0.1, 0.15) is 28.4 Å². The van der Waals surface area contributed by atoms with Crippen molar-refractivity contribution in [2.45, 2.75) is 50.3 Å². The number of phenolic OH excluding ortho intramolecular Hbond substituents is 2. The summed E-state index contributed by atoms with van der Waals surface area (Å²) in [7, 11) is 0. The van der Waals surface area contributed by atoms with Gasteiger partial charge in [-0.1, -0.05) is 91.0 Å². The minimum Gasteiger partial charge on any atom is -0.508 e. The van der Waals surface area contributed by atoms with E-state index in [2.05, 4.69) is 0 Å². The fourth-order valence-corrected chi connectivity index (χ4v) is 6.79. The van der Waals surface area contributed by atoms with Crippen molar-refractivity contribution in [1.29, 1.82) is 0 Å². The Morgan fingerprint density at radius 3 is 1.88 bits per heavy atom. The molecule has 9 heteroatoms. The van der Waals surface area contributed by atoms with Crippen molar-refractivity contribution in [3.8, 4) is 28.6 Å². The normalized spacial score (nSPS) is 20.8. The third-order valence-electron chi connectivity index (χ3n) is 9.28. The highest BCUT2D eigenvalue weighted by molar-refractivity contribution is 5.90. The fourth-order valence-electron chi connectivity index (χ4n) is 6.79. The molecular formula is C42H36O9. The number of fused-ring (bicyclic) bond motifs is 5. The van der Waals surface area contributed by atoms with E-state index in [0.29, 0.717) is 30.1 Å². The standard InChI is InChI=1S/C42H36O9/c43-30-18-16-29(17-19-30)33-20-31(44)36-32(45)21-34-37(39(36)49-33)40-42(50-34)41(48-24-28-14-8-3-9-15-28)38(47-23-27-12-6-2-7-13-27)35(51-40)25-46-22-26-10-4-1-5-11-26/h1-21,35,38,40-43,45H,22-25H2/t35-,38-,40+,41+,42-/m1/s1. The molecule has 5 atom stereocenters. The van der Waals surface area contributed by atoms with Crippen LogP contribution in [0.4, 0.5) is 0 Å². The fraction of sp³-hybridized carbons (Fsp3) is 0.214. The van der Waals surface area contributed by atoms with Crippen LogP contribution in [0, 0.1) is 0 Å². The Bertz CT molecular complexity index is 2150. The van der Waals surface area contributed by atoms with Gasteiger partial charge in [0.05, 0.1) is 32.0 Å². The van der Waals surface area contributed by atoms with E-state index >= 15 is 0 Å². The highest BCUT2D eigenvalue weighted by atomic mass is 16.6. The quantitative estimate of drug-likeness (QED) is 0.143. The zero-order valence-electron chi connectivity index (χ0n) is 27.6. The average Bonchev–Trinajstić information content (AvgIpc) is 3.52. The Hall–Kier alpha value is -5.45. The third-order valence-corrected chi connectivity index (χ3v) is 9.28. The molecule has 0 amide bonds. The number of benzene rings is 5. The van der Waals surface area contributed by atoms with Gasteiger partial charge in [-0.25, -0.2) is 0 Å². The molecule has 2 aliphatic heterocycles. The molecule has 0 saturated carbocycles. The molecule has 5 aromatic carbocycles. The van der Waals surface area contributed by atoms with Gasteiger partial charge in [0.1, 0.15) is 52.8 Å². The first-order valence-corrected chi connectivity index (χ1v) is 16.9. The van der Waals surface area contributed by atoms with Crippen LogP contribution in [0.3, 0.4) is 0 Å². The smallest absolute Gasteiger partial charge is 0.197 e. The molecule has 1 fully saturated rings. The highest BCUT2D eigenvalue weighted by Gasteiger charge is 2.54. The third kappa shape index (κ3) is 6.85. The van der Waals surface area contributed by atoms with Crippen LogP contribution in [0.2, 0.25) is 0 Å². The lowest BCUT2D eigenvalue weighted by Crippen LogP contribution is -2.57. The van der Waals surface area contributed by atoms with Gasteiger partial charge in [-0.15, -0.1) is 0 Å². The Balaban J connectivity index is 1.20. The Morgan fingerprint density at radius 2 is 1.25 bits per heavy atom. The predicted molar refractivity (Wildman–Crippen MR) is 189 cm³/mol. The number of ether oxygens (including phenoxy) is 5. The molecule has 9 nitrogen and oxygen atoms in total. The molecule has 51 heavy (non-hydrogen) atoms. The van der Waals surface area contributed by atoms with Gasteiger partial charge in [-0.3, -0.25) is 4.79 Å². The summed E-state index contributed by atoms with van der Waals surface area (Å²) in [6, 6.07) is 38.7. The van der Waals surface area contributed by atoms with Crippen LogP contribution in [0.15, 0.2) is 137 Å². The predicted octanol–water partition coefficient (Wildman–Crippen LogP) is 7.46. The molecule has 0 bridgehead atoms. The summed E-state index contributed by atoms with van der Waals surface area (Å²) in [6.07, 6.45) is -3.38. The summed E-state index contributed by atoms with van der Waals surface area (Å²) >= 11 is 0. The summed E-state index contributed by atoms with van der Waals surface area (Å²) in [5, 5.41) is 21.0. The molecule has 0 aliphatic carbocycles. The van der Waals surface area contributed by atoms with Gasteiger partial charge in [0.15, 0.2) is 17.1 Å². The molecule has 2 N–H and O–H groups in total.